The van der Waals surface area contributed by atoms with Gasteiger partial charge in [0.25, 0.3) is 0 Å². The molecule has 0 fully saturated rings. The van der Waals surface area contributed by atoms with Gasteiger partial charge in [-0.3, -0.25) is 9.55 Å². The second-order valence-electron chi connectivity index (χ2n) is 6.52. The highest BCUT2D eigenvalue weighted by molar-refractivity contribution is 7.99. The number of para-hydroxylation sites is 1. The Bertz CT molecular complexity index is 1120. The molecule has 0 aliphatic carbocycles. The quantitative estimate of drug-likeness (QED) is 0.474. The fourth-order valence-corrected chi connectivity index (χ4v) is 3.96. The maximum atomic E-state index is 14.0. The summed E-state index contributed by atoms with van der Waals surface area (Å²) in [4.78, 5) is 4.18. The van der Waals surface area contributed by atoms with E-state index in [0.717, 1.165) is 16.8 Å². The predicted octanol–water partition coefficient (Wildman–Crippen LogP) is 4.60. The van der Waals surface area contributed by atoms with Crippen molar-refractivity contribution in [1.82, 2.24) is 19.7 Å². The Kier molecular flexibility index (Phi) is 5.69. The fourth-order valence-electron chi connectivity index (χ4n) is 3.07. The number of aliphatic hydroxyl groups is 1. The third kappa shape index (κ3) is 4.06. The van der Waals surface area contributed by atoms with E-state index in [2.05, 4.69) is 15.2 Å². The molecular weight excluding hydrogens is 387 g/mol. The van der Waals surface area contributed by atoms with Crippen molar-refractivity contribution < 1.29 is 9.50 Å². The molecule has 1 atom stereocenters. The number of hydrogen-bond donors (Lipinski definition) is 1. The van der Waals surface area contributed by atoms with Crippen LogP contribution in [0.25, 0.3) is 17.1 Å². The Morgan fingerprint density at radius 2 is 1.83 bits per heavy atom. The zero-order valence-electron chi connectivity index (χ0n) is 15.7. The average Bonchev–Trinajstić information content (AvgIpc) is 3.17. The summed E-state index contributed by atoms with van der Waals surface area (Å²) in [5.41, 5.74) is 3.12. The fraction of sp³-hybridized carbons (Fsp3) is 0.136. The molecule has 0 aliphatic rings. The molecular formula is C22H19FN4OS. The lowest BCUT2D eigenvalue weighted by Crippen LogP contribution is -2.06. The maximum absolute atomic E-state index is 14.0. The molecule has 2 aromatic heterocycles. The molecule has 0 aliphatic heterocycles. The van der Waals surface area contributed by atoms with E-state index in [0.29, 0.717) is 11.0 Å². The summed E-state index contributed by atoms with van der Waals surface area (Å²) in [7, 11) is 0. The van der Waals surface area contributed by atoms with Crippen LogP contribution in [0.15, 0.2) is 78.2 Å². The van der Waals surface area contributed by atoms with E-state index in [1.165, 1.54) is 17.8 Å². The van der Waals surface area contributed by atoms with Crippen LogP contribution in [0.5, 0.6) is 0 Å². The monoisotopic (exact) mass is 406 g/mol. The van der Waals surface area contributed by atoms with Crippen LogP contribution < -0.4 is 0 Å². The van der Waals surface area contributed by atoms with Crippen LogP contribution in [-0.2, 0) is 0 Å². The zero-order valence-corrected chi connectivity index (χ0v) is 16.6. The molecule has 0 radical (unpaired) electrons. The minimum Gasteiger partial charge on any atom is -0.387 e. The number of hydrogen-bond acceptors (Lipinski definition) is 5. The van der Waals surface area contributed by atoms with Crippen LogP contribution in [0.3, 0.4) is 0 Å². The van der Waals surface area contributed by atoms with Crippen molar-refractivity contribution in [2.24, 2.45) is 0 Å². The van der Waals surface area contributed by atoms with Crippen LogP contribution >= 0.6 is 11.8 Å². The first-order valence-electron chi connectivity index (χ1n) is 9.12. The average molecular weight is 406 g/mol. The van der Waals surface area contributed by atoms with E-state index < -0.39 is 11.9 Å². The van der Waals surface area contributed by atoms with E-state index >= 15 is 0 Å². The number of nitrogens with zero attached hydrogens (tertiary/aromatic N) is 4. The normalized spacial score (nSPS) is 12.1. The molecule has 0 amide bonds. The molecule has 0 spiro atoms. The minimum atomic E-state index is -0.954. The number of aromatic nitrogens is 4. The molecule has 146 valence electrons. The standard InChI is InChI=1S/C22H19FN4OS/c1-15-7-2-5-11-19(15)27-21(16-8-6-12-24-13-16)25-26-22(27)29-14-20(28)17-9-3-4-10-18(17)23/h2-13,20,28H,14H2,1H3/t20-/m0/s1. The molecule has 0 unspecified atom stereocenters. The van der Waals surface area contributed by atoms with E-state index in [1.54, 1.807) is 30.6 Å². The van der Waals surface area contributed by atoms with Crippen LogP contribution in [0, 0.1) is 12.7 Å². The zero-order chi connectivity index (χ0) is 20.2. The summed E-state index contributed by atoms with van der Waals surface area (Å²) in [5, 5.41) is 19.8. The Morgan fingerprint density at radius 1 is 1.03 bits per heavy atom. The molecule has 29 heavy (non-hydrogen) atoms. The van der Waals surface area contributed by atoms with Gasteiger partial charge in [-0.1, -0.05) is 48.2 Å². The van der Waals surface area contributed by atoms with Crippen LogP contribution in [0.1, 0.15) is 17.2 Å². The summed E-state index contributed by atoms with van der Waals surface area (Å²) >= 11 is 1.33. The number of halogens is 1. The highest BCUT2D eigenvalue weighted by atomic mass is 32.2. The molecule has 4 aromatic rings. The van der Waals surface area contributed by atoms with Crippen molar-refractivity contribution in [3.63, 3.8) is 0 Å². The summed E-state index contributed by atoms with van der Waals surface area (Å²) in [6.07, 6.45) is 2.49. The molecule has 0 saturated carbocycles. The van der Waals surface area contributed by atoms with Gasteiger partial charge in [-0.2, -0.15) is 0 Å². The van der Waals surface area contributed by atoms with Gasteiger partial charge in [-0.25, -0.2) is 4.39 Å². The van der Waals surface area contributed by atoms with E-state index in [-0.39, 0.29) is 11.3 Å². The molecule has 4 rings (SSSR count). The molecule has 0 saturated heterocycles. The number of aryl methyl sites for hydroxylation is 1. The minimum absolute atomic E-state index is 0.248. The lowest BCUT2D eigenvalue weighted by Gasteiger charge is -2.14. The summed E-state index contributed by atoms with van der Waals surface area (Å²) in [6, 6.07) is 18.0. The van der Waals surface area contributed by atoms with Crippen LogP contribution in [0.4, 0.5) is 4.39 Å². The molecule has 1 N–H and O–H groups in total. The second-order valence-corrected chi connectivity index (χ2v) is 7.51. The molecule has 5 nitrogen and oxygen atoms in total. The Balaban J connectivity index is 1.70. The lowest BCUT2D eigenvalue weighted by molar-refractivity contribution is 0.199. The van der Waals surface area contributed by atoms with Crippen molar-refractivity contribution in [2.45, 2.75) is 18.2 Å². The number of benzene rings is 2. The largest absolute Gasteiger partial charge is 0.387 e. The van der Waals surface area contributed by atoms with Crippen molar-refractivity contribution in [3.05, 3.63) is 90.0 Å². The smallest absolute Gasteiger partial charge is 0.196 e. The first-order chi connectivity index (χ1) is 14.1. The lowest BCUT2D eigenvalue weighted by atomic mass is 10.1. The van der Waals surface area contributed by atoms with Gasteiger partial charge >= 0.3 is 0 Å². The van der Waals surface area contributed by atoms with Crippen LogP contribution in [0.2, 0.25) is 0 Å². The summed E-state index contributed by atoms with van der Waals surface area (Å²) in [6.45, 7) is 2.02. The van der Waals surface area contributed by atoms with E-state index in [4.69, 9.17) is 0 Å². The van der Waals surface area contributed by atoms with Crippen molar-refractivity contribution in [3.8, 4) is 17.1 Å². The Labute approximate surface area is 172 Å². The van der Waals surface area contributed by atoms with Gasteiger partial charge in [0.05, 0.1) is 11.8 Å². The summed E-state index contributed by atoms with van der Waals surface area (Å²) in [5.74, 6) is 0.491. The number of pyridine rings is 1. The van der Waals surface area contributed by atoms with Gasteiger partial charge in [0, 0.05) is 29.3 Å². The molecule has 2 heterocycles. The third-order valence-corrected chi connectivity index (χ3v) is 5.55. The van der Waals surface area contributed by atoms with Crippen molar-refractivity contribution >= 4 is 11.8 Å². The molecule has 7 heteroatoms. The molecule has 2 aromatic carbocycles. The topological polar surface area (TPSA) is 63.8 Å². The first kappa shape index (κ1) is 19.3. The van der Waals surface area contributed by atoms with Gasteiger partial charge in [0.2, 0.25) is 0 Å². The van der Waals surface area contributed by atoms with Gasteiger partial charge in [0.1, 0.15) is 5.82 Å². The number of thioether (sulfide) groups is 1. The highest BCUT2D eigenvalue weighted by Crippen LogP contribution is 2.31. The Morgan fingerprint density at radius 3 is 2.59 bits per heavy atom. The van der Waals surface area contributed by atoms with Gasteiger partial charge < -0.3 is 5.11 Å². The predicted molar refractivity (Wildman–Crippen MR) is 111 cm³/mol. The highest BCUT2D eigenvalue weighted by Gasteiger charge is 2.20. The third-order valence-electron chi connectivity index (χ3n) is 4.54. The first-order valence-corrected chi connectivity index (χ1v) is 10.1. The Hall–Kier alpha value is -3.03. The number of rotatable bonds is 6. The summed E-state index contributed by atoms with van der Waals surface area (Å²) < 4.78 is 15.9. The SMILES string of the molecule is Cc1ccccc1-n1c(SC[C@H](O)c2ccccc2F)nnc1-c1cccnc1. The van der Waals surface area contributed by atoms with Crippen LogP contribution in [-0.4, -0.2) is 30.6 Å². The van der Waals surface area contributed by atoms with Crippen molar-refractivity contribution in [1.29, 1.82) is 0 Å². The van der Waals surface area contributed by atoms with E-state index in [1.807, 2.05) is 47.9 Å². The maximum Gasteiger partial charge on any atom is 0.196 e. The van der Waals surface area contributed by atoms with E-state index in [9.17, 15) is 9.50 Å². The van der Waals surface area contributed by atoms with Gasteiger partial charge in [0.15, 0.2) is 11.0 Å². The molecule has 0 bridgehead atoms. The van der Waals surface area contributed by atoms with Crippen molar-refractivity contribution in [2.75, 3.05) is 5.75 Å². The van der Waals surface area contributed by atoms with Gasteiger partial charge in [-0.05, 0) is 36.8 Å². The van der Waals surface area contributed by atoms with Gasteiger partial charge in [-0.15, -0.1) is 10.2 Å². The number of aliphatic hydroxyl groups excluding tert-OH is 1. The second kappa shape index (κ2) is 8.55.